The molecule has 0 spiro atoms. The number of rotatable bonds is 4. The molecule has 5 heteroatoms. The Morgan fingerprint density at radius 3 is 2.71 bits per heavy atom. The van der Waals surface area contributed by atoms with Gasteiger partial charge in [0.1, 0.15) is 15.7 Å². The quantitative estimate of drug-likeness (QED) is 0.367. The van der Waals surface area contributed by atoms with Gasteiger partial charge in [-0.1, -0.05) is 36.4 Å². The number of hydrogen-bond donors (Lipinski definition) is 0. The molecule has 24 heavy (non-hydrogen) atoms. The second-order valence-corrected chi connectivity index (χ2v) is 7.42. The summed E-state index contributed by atoms with van der Waals surface area (Å²) in [6, 6.07) is 16.7. The van der Waals surface area contributed by atoms with Gasteiger partial charge in [-0.2, -0.15) is 0 Å². The van der Waals surface area contributed by atoms with Gasteiger partial charge in [-0.3, -0.25) is 4.98 Å². The molecule has 3 aromatic heterocycles. The van der Waals surface area contributed by atoms with Crippen LogP contribution in [0.4, 0.5) is 0 Å². The van der Waals surface area contributed by atoms with Gasteiger partial charge in [-0.25, -0.2) is 9.97 Å². The van der Waals surface area contributed by atoms with Crippen molar-refractivity contribution in [3.63, 3.8) is 0 Å². The zero-order valence-corrected chi connectivity index (χ0v) is 14.8. The number of nitrogens with zero attached hydrogens (tertiary/aromatic N) is 3. The number of thioether (sulfide) groups is 1. The molecule has 0 saturated carbocycles. The molecule has 0 aliphatic rings. The van der Waals surface area contributed by atoms with E-state index in [2.05, 4.69) is 51.4 Å². The maximum Gasteiger partial charge on any atom is 0.128 e. The molecule has 0 bridgehead atoms. The van der Waals surface area contributed by atoms with E-state index in [0.29, 0.717) is 0 Å². The van der Waals surface area contributed by atoms with E-state index in [1.807, 2.05) is 25.3 Å². The van der Waals surface area contributed by atoms with Gasteiger partial charge in [-0.05, 0) is 30.2 Å². The topological polar surface area (TPSA) is 38.7 Å². The zero-order chi connectivity index (χ0) is 16.4. The Morgan fingerprint density at radius 2 is 1.92 bits per heavy atom. The van der Waals surface area contributed by atoms with E-state index < -0.39 is 0 Å². The first-order chi connectivity index (χ1) is 11.8. The third-order valence-corrected chi connectivity index (χ3v) is 5.77. The van der Waals surface area contributed by atoms with E-state index in [1.165, 1.54) is 16.0 Å². The van der Waals surface area contributed by atoms with Crippen molar-refractivity contribution in [3.8, 4) is 10.4 Å². The molecular weight excluding hydrogens is 334 g/mol. The van der Waals surface area contributed by atoms with Crippen LogP contribution < -0.4 is 0 Å². The summed E-state index contributed by atoms with van der Waals surface area (Å²) in [4.78, 5) is 15.7. The van der Waals surface area contributed by atoms with Crippen LogP contribution in [0.5, 0.6) is 0 Å². The Balaban J connectivity index is 1.71. The molecule has 0 aliphatic heterocycles. The summed E-state index contributed by atoms with van der Waals surface area (Å²) in [5, 5.41) is 2.18. The van der Waals surface area contributed by atoms with Gasteiger partial charge in [0, 0.05) is 28.4 Å². The molecular formula is C19H15N3S2. The van der Waals surface area contributed by atoms with Crippen molar-refractivity contribution in [2.75, 3.05) is 0 Å². The number of aromatic nitrogens is 3. The summed E-state index contributed by atoms with van der Waals surface area (Å²) in [6.07, 6.45) is 3.70. The van der Waals surface area contributed by atoms with Gasteiger partial charge in [-0.15, -0.1) is 23.1 Å². The number of pyridine rings is 1. The van der Waals surface area contributed by atoms with Crippen molar-refractivity contribution in [3.05, 3.63) is 72.3 Å². The lowest BCUT2D eigenvalue weighted by Gasteiger charge is -2.03. The number of hydrogen-bond acceptors (Lipinski definition) is 5. The van der Waals surface area contributed by atoms with Crippen LogP contribution in [-0.4, -0.2) is 15.0 Å². The molecule has 4 aromatic rings. The standard InChI is InChI=1S/C19H15N3S2/c1-13-21-18(23-12-14-6-5-9-20-11-14)16-10-17(24-19(16)22-13)15-7-3-2-4-8-15/h2-11H,12H2,1H3. The van der Waals surface area contributed by atoms with Crippen molar-refractivity contribution in [1.82, 2.24) is 15.0 Å². The molecule has 0 radical (unpaired) electrons. The first-order valence-corrected chi connectivity index (χ1v) is 9.45. The summed E-state index contributed by atoms with van der Waals surface area (Å²) in [6.45, 7) is 1.95. The van der Waals surface area contributed by atoms with Gasteiger partial charge in [0.2, 0.25) is 0 Å². The van der Waals surface area contributed by atoms with E-state index in [-0.39, 0.29) is 0 Å². The fraction of sp³-hybridized carbons (Fsp3) is 0.105. The van der Waals surface area contributed by atoms with Crippen molar-refractivity contribution in [2.24, 2.45) is 0 Å². The number of thiophene rings is 1. The molecule has 0 atom stereocenters. The normalized spacial score (nSPS) is 11.0. The smallest absolute Gasteiger partial charge is 0.128 e. The summed E-state index contributed by atoms with van der Waals surface area (Å²) < 4.78 is 0. The van der Waals surface area contributed by atoms with E-state index >= 15 is 0 Å². The van der Waals surface area contributed by atoms with Crippen LogP contribution in [0.15, 0.2) is 66.0 Å². The lowest BCUT2D eigenvalue weighted by atomic mass is 10.2. The molecule has 3 heterocycles. The average Bonchev–Trinajstić information content (AvgIpc) is 3.05. The summed E-state index contributed by atoms with van der Waals surface area (Å²) >= 11 is 3.46. The fourth-order valence-corrected chi connectivity index (χ4v) is 4.62. The van der Waals surface area contributed by atoms with E-state index in [1.54, 1.807) is 29.3 Å². The number of fused-ring (bicyclic) bond motifs is 1. The zero-order valence-electron chi connectivity index (χ0n) is 13.1. The highest BCUT2D eigenvalue weighted by Crippen LogP contribution is 2.37. The first kappa shape index (κ1) is 15.3. The first-order valence-electron chi connectivity index (χ1n) is 7.65. The van der Waals surface area contributed by atoms with Crippen LogP contribution in [0, 0.1) is 6.92 Å². The Labute approximate surface area is 148 Å². The second-order valence-electron chi connectivity index (χ2n) is 5.42. The molecule has 3 nitrogen and oxygen atoms in total. The van der Waals surface area contributed by atoms with Gasteiger partial charge >= 0.3 is 0 Å². The van der Waals surface area contributed by atoms with Gasteiger partial charge in [0.05, 0.1) is 0 Å². The molecule has 1 aromatic carbocycles. The maximum atomic E-state index is 4.66. The highest BCUT2D eigenvalue weighted by atomic mass is 32.2. The third kappa shape index (κ3) is 3.18. The average molecular weight is 349 g/mol. The van der Waals surface area contributed by atoms with Crippen LogP contribution in [0.3, 0.4) is 0 Å². The van der Waals surface area contributed by atoms with E-state index in [0.717, 1.165) is 26.8 Å². The monoisotopic (exact) mass is 349 g/mol. The molecule has 4 rings (SSSR count). The minimum atomic E-state index is 0.817. The Kier molecular flexibility index (Phi) is 4.28. The third-order valence-electron chi connectivity index (χ3n) is 3.63. The Hall–Kier alpha value is -2.24. The van der Waals surface area contributed by atoms with Crippen LogP contribution in [0.1, 0.15) is 11.4 Å². The van der Waals surface area contributed by atoms with Crippen molar-refractivity contribution >= 4 is 33.3 Å². The van der Waals surface area contributed by atoms with Gasteiger partial charge in [0.15, 0.2) is 0 Å². The minimum absolute atomic E-state index is 0.817. The lowest BCUT2D eigenvalue weighted by Crippen LogP contribution is -1.91. The van der Waals surface area contributed by atoms with Crippen LogP contribution in [-0.2, 0) is 5.75 Å². The molecule has 0 amide bonds. The molecule has 0 fully saturated rings. The highest BCUT2D eigenvalue weighted by Gasteiger charge is 2.12. The van der Waals surface area contributed by atoms with Crippen molar-refractivity contribution in [2.45, 2.75) is 17.7 Å². The molecule has 0 unspecified atom stereocenters. The van der Waals surface area contributed by atoms with Crippen LogP contribution >= 0.6 is 23.1 Å². The minimum Gasteiger partial charge on any atom is -0.264 e. The number of benzene rings is 1. The lowest BCUT2D eigenvalue weighted by molar-refractivity contribution is 1.01. The van der Waals surface area contributed by atoms with E-state index in [9.17, 15) is 0 Å². The maximum absolute atomic E-state index is 4.66. The van der Waals surface area contributed by atoms with Crippen LogP contribution in [0.2, 0.25) is 0 Å². The Bertz CT molecular complexity index is 966. The number of aryl methyl sites for hydroxylation is 1. The van der Waals surface area contributed by atoms with Gasteiger partial charge in [0.25, 0.3) is 0 Å². The van der Waals surface area contributed by atoms with Crippen molar-refractivity contribution < 1.29 is 0 Å². The Morgan fingerprint density at radius 1 is 1.04 bits per heavy atom. The largest absolute Gasteiger partial charge is 0.264 e. The second kappa shape index (κ2) is 6.71. The van der Waals surface area contributed by atoms with Crippen molar-refractivity contribution in [1.29, 1.82) is 0 Å². The SMILES string of the molecule is Cc1nc(SCc2cccnc2)c2cc(-c3ccccc3)sc2n1. The predicted octanol–water partition coefficient (Wildman–Crippen LogP) is 5.35. The van der Waals surface area contributed by atoms with E-state index in [4.69, 9.17) is 0 Å². The molecule has 0 aliphatic carbocycles. The summed E-state index contributed by atoms with van der Waals surface area (Å²) in [5.41, 5.74) is 2.42. The predicted molar refractivity (Wildman–Crippen MR) is 101 cm³/mol. The van der Waals surface area contributed by atoms with Crippen LogP contribution in [0.25, 0.3) is 20.7 Å². The fourth-order valence-electron chi connectivity index (χ4n) is 2.49. The summed E-state index contributed by atoms with van der Waals surface area (Å²) in [7, 11) is 0. The molecule has 0 saturated heterocycles. The van der Waals surface area contributed by atoms with Gasteiger partial charge < -0.3 is 0 Å². The molecule has 118 valence electrons. The molecule has 0 N–H and O–H groups in total. The summed E-state index contributed by atoms with van der Waals surface area (Å²) in [5.74, 6) is 1.67. The highest BCUT2D eigenvalue weighted by molar-refractivity contribution is 7.98.